The smallest absolute Gasteiger partial charge is 0.259 e. The number of fused-ring (bicyclic) bond motifs is 1. The molecule has 176 valence electrons. The maximum absolute atomic E-state index is 13.3. The van der Waals surface area contributed by atoms with Gasteiger partial charge in [-0.25, -0.2) is 0 Å². The molecular weight excluding hydrogens is 432 g/mol. The predicted molar refractivity (Wildman–Crippen MR) is 130 cm³/mol. The second-order valence-electron chi connectivity index (χ2n) is 7.96. The zero-order chi connectivity index (χ0) is 24.1. The fourth-order valence-electron chi connectivity index (χ4n) is 4.29. The molecule has 0 aromatic heterocycles. The van der Waals surface area contributed by atoms with Crippen LogP contribution in [0.5, 0.6) is 17.2 Å². The summed E-state index contributed by atoms with van der Waals surface area (Å²) in [4.78, 5) is 28.2. The van der Waals surface area contributed by atoms with Gasteiger partial charge in [-0.2, -0.15) is 0 Å². The topological polar surface area (TPSA) is 77.1 Å². The molecule has 0 bridgehead atoms. The number of anilines is 1. The molecule has 1 heterocycles. The summed E-state index contributed by atoms with van der Waals surface area (Å²) in [5.41, 5.74) is 3.24. The molecule has 1 unspecified atom stereocenters. The molecule has 0 saturated carbocycles. The van der Waals surface area contributed by atoms with Gasteiger partial charge < -0.3 is 19.5 Å². The van der Waals surface area contributed by atoms with Gasteiger partial charge in [0.05, 0.1) is 21.3 Å². The van der Waals surface area contributed by atoms with Crippen LogP contribution in [-0.2, 0) is 17.6 Å². The van der Waals surface area contributed by atoms with Crippen molar-refractivity contribution in [3.05, 3.63) is 83.4 Å². The van der Waals surface area contributed by atoms with Crippen LogP contribution in [0.1, 0.15) is 21.5 Å². The first kappa shape index (κ1) is 23.2. The lowest BCUT2D eigenvalue weighted by molar-refractivity contribution is -0.122. The second-order valence-corrected chi connectivity index (χ2v) is 7.96. The van der Waals surface area contributed by atoms with Gasteiger partial charge in [0, 0.05) is 24.2 Å². The van der Waals surface area contributed by atoms with Crippen LogP contribution < -0.4 is 24.4 Å². The van der Waals surface area contributed by atoms with Crippen LogP contribution in [-0.4, -0.2) is 45.7 Å². The lowest BCUT2D eigenvalue weighted by Crippen LogP contribution is -2.48. The first-order valence-corrected chi connectivity index (χ1v) is 11.1. The molecule has 0 spiro atoms. The van der Waals surface area contributed by atoms with Crippen molar-refractivity contribution in [3.63, 3.8) is 0 Å². The number of carbonyl (C=O) groups excluding carboxylic acids is 2. The van der Waals surface area contributed by atoms with Crippen molar-refractivity contribution in [2.24, 2.45) is 0 Å². The molecule has 1 N–H and O–H groups in total. The molecule has 34 heavy (non-hydrogen) atoms. The third-order valence-corrected chi connectivity index (χ3v) is 5.96. The summed E-state index contributed by atoms with van der Waals surface area (Å²) >= 11 is 0. The Morgan fingerprint density at radius 2 is 1.56 bits per heavy atom. The van der Waals surface area contributed by atoms with Crippen molar-refractivity contribution in [2.75, 3.05) is 32.8 Å². The molecule has 4 rings (SSSR count). The summed E-state index contributed by atoms with van der Waals surface area (Å²) in [6, 6.07) is 19.8. The van der Waals surface area contributed by atoms with Crippen LogP contribution in [0, 0.1) is 0 Å². The van der Waals surface area contributed by atoms with Gasteiger partial charge in [-0.15, -0.1) is 0 Å². The normalized spacial score (nSPS) is 14.3. The van der Waals surface area contributed by atoms with Crippen molar-refractivity contribution >= 4 is 17.5 Å². The van der Waals surface area contributed by atoms with Gasteiger partial charge in [0.2, 0.25) is 11.7 Å². The lowest BCUT2D eigenvalue weighted by atomic mass is 10.1. The van der Waals surface area contributed by atoms with E-state index in [1.807, 2.05) is 54.6 Å². The van der Waals surface area contributed by atoms with E-state index < -0.39 is 6.04 Å². The second kappa shape index (κ2) is 10.3. The van der Waals surface area contributed by atoms with Gasteiger partial charge in [0.1, 0.15) is 6.04 Å². The van der Waals surface area contributed by atoms with E-state index in [0.29, 0.717) is 42.2 Å². The van der Waals surface area contributed by atoms with E-state index >= 15 is 0 Å². The quantitative estimate of drug-likeness (QED) is 0.555. The van der Waals surface area contributed by atoms with Gasteiger partial charge in [0.15, 0.2) is 11.5 Å². The Labute approximate surface area is 199 Å². The number of amides is 2. The fraction of sp³-hybridized carbons (Fsp3) is 0.259. The van der Waals surface area contributed by atoms with Crippen LogP contribution in [0.2, 0.25) is 0 Å². The van der Waals surface area contributed by atoms with Gasteiger partial charge in [-0.05, 0) is 47.9 Å². The Bertz CT molecular complexity index is 1150. The van der Waals surface area contributed by atoms with E-state index in [9.17, 15) is 9.59 Å². The maximum atomic E-state index is 13.3. The summed E-state index contributed by atoms with van der Waals surface area (Å²) in [5.74, 6) is 1.28. The molecule has 2 amide bonds. The molecule has 1 atom stereocenters. The summed E-state index contributed by atoms with van der Waals surface area (Å²) in [6.07, 6.45) is 1.04. The Morgan fingerprint density at radius 3 is 2.21 bits per heavy atom. The van der Waals surface area contributed by atoms with Gasteiger partial charge in [-0.1, -0.05) is 36.4 Å². The lowest BCUT2D eigenvalue weighted by Gasteiger charge is -2.25. The van der Waals surface area contributed by atoms with Crippen molar-refractivity contribution in [2.45, 2.75) is 18.9 Å². The van der Waals surface area contributed by atoms with Crippen molar-refractivity contribution in [3.8, 4) is 17.2 Å². The highest BCUT2D eigenvalue weighted by atomic mass is 16.5. The number of hydrogen-bond acceptors (Lipinski definition) is 5. The third kappa shape index (κ3) is 4.55. The SMILES string of the molecule is COc1cc(CCNC(=O)C2Cc3ccccc3N2C(=O)c2ccccc2)cc(OC)c1OC. The largest absolute Gasteiger partial charge is 0.493 e. The zero-order valence-electron chi connectivity index (χ0n) is 19.5. The molecule has 0 fully saturated rings. The highest BCUT2D eigenvalue weighted by molar-refractivity contribution is 6.11. The van der Waals surface area contributed by atoms with E-state index in [1.165, 1.54) is 0 Å². The van der Waals surface area contributed by atoms with E-state index in [-0.39, 0.29) is 11.8 Å². The number of rotatable bonds is 8. The van der Waals surface area contributed by atoms with Crippen molar-refractivity contribution in [1.29, 1.82) is 0 Å². The van der Waals surface area contributed by atoms with E-state index in [0.717, 1.165) is 16.8 Å². The van der Waals surface area contributed by atoms with Gasteiger partial charge in [0.25, 0.3) is 5.91 Å². The number of nitrogens with one attached hydrogen (secondary N) is 1. The highest BCUT2D eigenvalue weighted by Crippen LogP contribution is 2.38. The van der Waals surface area contributed by atoms with E-state index in [1.54, 1.807) is 38.4 Å². The minimum atomic E-state index is -0.606. The molecule has 1 aliphatic rings. The molecule has 7 nitrogen and oxygen atoms in total. The van der Waals surface area contributed by atoms with Crippen molar-refractivity contribution < 1.29 is 23.8 Å². The summed E-state index contributed by atoms with van der Waals surface area (Å²) < 4.78 is 16.2. The van der Waals surface area contributed by atoms with Gasteiger partial charge in [-0.3, -0.25) is 14.5 Å². The Hall–Kier alpha value is -4.00. The molecule has 1 aliphatic heterocycles. The zero-order valence-corrected chi connectivity index (χ0v) is 19.5. The predicted octanol–water partition coefficient (Wildman–Crippen LogP) is 3.64. The number of benzene rings is 3. The number of para-hydroxylation sites is 1. The van der Waals surface area contributed by atoms with Crippen LogP contribution in [0.3, 0.4) is 0 Å². The molecule has 3 aromatic carbocycles. The Morgan fingerprint density at radius 1 is 0.912 bits per heavy atom. The van der Waals surface area contributed by atoms with Crippen LogP contribution in [0.15, 0.2) is 66.7 Å². The third-order valence-electron chi connectivity index (χ3n) is 5.96. The first-order chi connectivity index (χ1) is 16.6. The summed E-state index contributed by atoms with van der Waals surface area (Å²) in [6.45, 7) is 0.400. The molecule has 3 aromatic rings. The average Bonchev–Trinajstić information content (AvgIpc) is 3.27. The van der Waals surface area contributed by atoms with Crippen LogP contribution in [0.4, 0.5) is 5.69 Å². The minimum absolute atomic E-state index is 0.185. The highest BCUT2D eigenvalue weighted by Gasteiger charge is 2.38. The summed E-state index contributed by atoms with van der Waals surface area (Å²) in [5, 5.41) is 3.00. The van der Waals surface area contributed by atoms with Gasteiger partial charge >= 0.3 is 0 Å². The number of carbonyl (C=O) groups is 2. The Balaban J connectivity index is 1.49. The number of hydrogen-bond donors (Lipinski definition) is 1. The van der Waals surface area contributed by atoms with Crippen LogP contribution in [0.25, 0.3) is 0 Å². The van der Waals surface area contributed by atoms with E-state index in [4.69, 9.17) is 14.2 Å². The fourth-order valence-corrected chi connectivity index (χ4v) is 4.29. The number of methoxy groups -OCH3 is 3. The minimum Gasteiger partial charge on any atom is -0.493 e. The molecule has 0 aliphatic carbocycles. The molecule has 0 radical (unpaired) electrons. The Kier molecular flexibility index (Phi) is 7.01. The van der Waals surface area contributed by atoms with Crippen molar-refractivity contribution in [1.82, 2.24) is 5.32 Å². The first-order valence-electron chi connectivity index (χ1n) is 11.1. The number of ether oxygens (including phenoxy) is 3. The standard InChI is InChI=1S/C27H28N2O5/c1-32-23-15-18(16-24(33-2)25(23)34-3)13-14-28-26(30)22-17-20-11-7-8-12-21(20)29(22)27(31)19-9-5-4-6-10-19/h4-12,15-16,22H,13-14,17H2,1-3H3,(H,28,30). The molecule has 0 saturated heterocycles. The maximum Gasteiger partial charge on any atom is 0.259 e. The summed E-state index contributed by atoms with van der Waals surface area (Å²) in [7, 11) is 4.69. The molecule has 7 heteroatoms. The van der Waals surface area contributed by atoms with Crippen LogP contribution >= 0.6 is 0 Å². The van der Waals surface area contributed by atoms with E-state index in [2.05, 4.69) is 5.32 Å². The monoisotopic (exact) mass is 460 g/mol. The number of nitrogens with zero attached hydrogens (tertiary/aromatic N) is 1. The molecular formula is C27H28N2O5. The average molecular weight is 461 g/mol.